The van der Waals surface area contributed by atoms with Crippen molar-refractivity contribution in [2.75, 3.05) is 27.7 Å². The van der Waals surface area contributed by atoms with Gasteiger partial charge in [-0.15, -0.1) is 0 Å². The summed E-state index contributed by atoms with van der Waals surface area (Å²) < 4.78 is 7.16. The SMILES string of the molecule is CCc1c(C(=O)NCC(c2ccc(OC)cc2)N(C)C)cnn1Cc1ccccc1. The topological polar surface area (TPSA) is 59.4 Å². The van der Waals surface area contributed by atoms with Gasteiger partial charge in [-0.2, -0.15) is 5.10 Å². The van der Waals surface area contributed by atoms with Gasteiger partial charge in [0, 0.05) is 6.54 Å². The molecule has 0 aliphatic carbocycles. The van der Waals surface area contributed by atoms with Crippen molar-refractivity contribution in [2.45, 2.75) is 25.9 Å². The fourth-order valence-corrected chi connectivity index (χ4v) is 3.58. The van der Waals surface area contributed by atoms with Crippen molar-refractivity contribution in [1.82, 2.24) is 20.0 Å². The lowest BCUT2D eigenvalue weighted by atomic mass is 10.1. The average Bonchev–Trinajstić information content (AvgIpc) is 3.17. The number of ether oxygens (including phenoxy) is 1. The van der Waals surface area contributed by atoms with Crippen LogP contribution in [0.15, 0.2) is 60.8 Å². The summed E-state index contributed by atoms with van der Waals surface area (Å²) in [6, 6.07) is 18.2. The quantitative estimate of drug-likeness (QED) is 0.591. The van der Waals surface area contributed by atoms with E-state index in [2.05, 4.69) is 34.4 Å². The summed E-state index contributed by atoms with van der Waals surface area (Å²) in [5, 5.41) is 7.57. The Morgan fingerprint density at radius 1 is 1.13 bits per heavy atom. The van der Waals surface area contributed by atoms with Crippen molar-refractivity contribution in [2.24, 2.45) is 0 Å². The van der Waals surface area contributed by atoms with Crippen LogP contribution in [0.3, 0.4) is 0 Å². The Balaban J connectivity index is 1.71. The molecule has 1 amide bonds. The van der Waals surface area contributed by atoms with Crippen molar-refractivity contribution < 1.29 is 9.53 Å². The molecule has 1 heterocycles. The van der Waals surface area contributed by atoms with Gasteiger partial charge in [0.2, 0.25) is 0 Å². The highest BCUT2D eigenvalue weighted by Gasteiger charge is 2.20. The Morgan fingerprint density at radius 3 is 2.43 bits per heavy atom. The van der Waals surface area contributed by atoms with E-state index in [0.717, 1.165) is 29.0 Å². The second-order valence-corrected chi connectivity index (χ2v) is 7.46. The number of hydrogen-bond acceptors (Lipinski definition) is 4. The molecule has 1 N–H and O–H groups in total. The van der Waals surface area contributed by atoms with E-state index in [1.807, 2.05) is 61.2 Å². The predicted octanol–water partition coefficient (Wildman–Crippen LogP) is 3.54. The molecule has 158 valence electrons. The number of carbonyl (C=O) groups is 1. The first-order valence-electron chi connectivity index (χ1n) is 10.2. The van der Waals surface area contributed by atoms with Crippen LogP contribution in [0.4, 0.5) is 0 Å². The van der Waals surface area contributed by atoms with Crippen LogP contribution >= 0.6 is 0 Å². The lowest BCUT2D eigenvalue weighted by Crippen LogP contribution is -2.34. The zero-order valence-electron chi connectivity index (χ0n) is 18.1. The van der Waals surface area contributed by atoms with Gasteiger partial charge in [-0.1, -0.05) is 49.4 Å². The van der Waals surface area contributed by atoms with Gasteiger partial charge in [-0.3, -0.25) is 9.48 Å². The fraction of sp³-hybridized carbons (Fsp3) is 0.333. The summed E-state index contributed by atoms with van der Waals surface area (Å²) in [6.45, 7) is 3.21. The first-order chi connectivity index (χ1) is 14.5. The van der Waals surface area contributed by atoms with E-state index in [9.17, 15) is 4.79 Å². The van der Waals surface area contributed by atoms with Crippen LogP contribution in [0.5, 0.6) is 5.75 Å². The Bertz CT molecular complexity index is 949. The largest absolute Gasteiger partial charge is 0.497 e. The molecule has 1 aromatic heterocycles. The lowest BCUT2D eigenvalue weighted by Gasteiger charge is -2.25. The molecule has 0 bridgehead atoms. The Labute approximate surface area is 178 Å². The van der Waals surface area contributed by atoms with Crippen molar-refractivity contribution in [1.29, 1.82) is 0 Å². The van der Waals surface area contributed by atoms with Gasteiger partial charge in [0.05, 0.1) is 37.2 Å². The molecule has 0 saturated carbocycles. The van der Waals surface area contributed by atoms with Crippen molar-refractivity contribution in [3.8, 4) is 5.75 Å². The molecule has 0 aliphatic rings. The second kappa shape index (κ2) is 10.1. The highest BCUT2D eigenvalue weighted by molar-refractivity contribution is 5.95. The monoisotopic (exact) mass is 406 g/mol. The van der Waals surface area contributed by atoms with E-state index in [1.54, 1.807) is 13.3 Å². The zero-order valence-corrected chi connectivity index (χ0v) is 18.1. The van der Waals surface area contributed by atoms with Gasteiger partial charge in [0.15, 0.2) is 0 Å². The van der Waals surface area contributed by atoms with Crippen molar-refractivity contribution >= 4 is 5.91 Å². The highest BCUT2D eigenvalue weighted by Crippen LogP contribution is 2.21. The Kier molecular flexibility index (Phi) is 7.25. The highest BCUT2D eigenvalue weighted by atomic mass is 16.5. The summed E-state index contributed by atoms with van der Waals surface area (Å²) in [5.74, 6) is 0.727. The smallest absolute Gasteiger partial charge is 0.254 e. The molecule has 3 rings (SSSR count). The first-order valence-corrected chi connectivity index (χ1v) is 10.2. The van der Waals surface area contributed by atoms with Gasteiger partial charge in [-0.05, 0) is 43.8 Å². The van der Waals surface area contributed by atoms with E-state index in [4.69, 9.17) is 4.74 Å². The molecular weight excluding hydrogens is 376 g/mol. The molecule has 1 unspecified atom stereocenters. The third-order valence-electron chi connectivity index (χ3n) is 5.28. The van der Waals surface area contributed by atoms with Gasteiger partial charge in [0.1, 0.15) is 5.75 Å². The number of amides is 1. The number of nitrogens with zero attached hydrogens (tertiary/aromatic N) is 3. The first kappa shape index (κ1) is 21.6. The molecule has 0 fully saturated rings. The zero-order chi connectivity index (χ0) is 21.5. The number of methoxy groups -OCH3 is 1. The molecule has 0 aliphatic heterocycles. The third-order valence-corrected chi connectivity index (χ3v) is 5.28. The minimum atomic E-state index is -0.0912. The van der Waals surface area contributed by atoms with Crippen LogP contribution in [0.2, 0.25) is 0 Å². The molecule has 3 aromatic rings. The van der Waals surface area contributed by atoms with Gasteiger partial charge in [-0.25, -0.2) is 0 Å². The minimum absolute atomic E-state index is 0.0595. The maximum Gasteiger partial charge on any atom is 0.254 e. The van der Waals surface area contributed by atoms with Gasteiger partial charge >= 0.3 is 0 Å². The number of aromatic nitrogens is 2. The Hall–Kier alpha value is -3.12. The van der Waals surface area contributed by atoms with Crippen LogP contribution in [0.1, 0.15) is 40.1 Å². The fourth-order valence-electron chi connectivity index (χ4n) is 3.58. The summed E-state index contributed by atoms with van der Waals surface area (Å²) >= 11 is 0. The van der Waals surface area contributed by atoms with E-state index in [-0.39, 0.29) is 11.9 Å². The number of rotatable bonds is 9. The number of nitrogens with one attached hydrogen (secondary N) is 1. The van der Waals surface area contributed by atoms with Gasteiger partial charge < -0.3 is 15.0 Å². The molecule has 30 heavy (non-hydrogen) atoms. The molecule has 0 spiro atoms. The summed E-state index contributed by atoms with van der Waals surface area (Å²) in [4.78, 5) is 15.0. The standard InChI is InChI=1S/C24H30N4O2/c1-5-22-21(15-26-28(22)17-18-9-7-6-8-10-18)24(29)25-16-23(27(2)3)19-11-13-20(30-4)14-12-19/h6-15,23H,5,16-17H2,1-4H3,(H,25,29). The van der Waals surface area contributed by atoms with Crippen LogP contribution in [0, 0.1) is 0 Å². The number of hydrogen-bond donors (Lipinski definition) is 1. The van der Waals surface area contributed by atoms with Crippen LogP contribution in [-0.2, 0) is 13.0 Å². The van der Waals surface area contributed by atoms with E-state index >= 15 is 0 Å². The lowest BCUT2D eigenvalue weighted by molar-refractivity contribution is 0.0941. The molecule has 0 radical (unpaired) electrons. The Morgan fingerprint density at radius 2 is 1.83 bits per heavy atom. The number of likely N-dealkylation sites (N-methyl/N-ethyl adjacent to an activating group) is 1. The summed E-state index contributed by atoms with van der Waals surface area (Å²) in [6.07, 6.45) is 2.42. The second-order valence-electron chi connectivity index (χ2n) is 7.46. The van der Waals surface area contributed by atoms with Crippen LogP contribution < -0.4 is 10.1 Å². The molecule has 6 nitrogen and oxygen atoms in total. The molecular formula is C24H30N4O2. The summed E-state index contributed by atoms with van der Waals surface area (Å²) in [5.41, 5.74) is 3.87. The summed E-state index contributed by atoms with van der Waals surface area (Å²) in [7, 11) is 5.68. The number of benzene rings is 2. The van der Waals surface area contributed by atoms with Crippen molar-refractivity contribution in [3.63, 3.8) is 0 Å². The van der Waals surface area contributed by atoms with Crippen LogP contribution in [0.25, 0.3) is 0 Å². The minimum Gasteiger partial charge on any atom is -0.497 e. The maximum absolute atomic E-state index is 12.9. The maximum atomic E-state index is 12.9. The molecule has 0 saturated heterocycles. The number of carbonyl (C=O) groups excluding carboxylic acids is 1. The van der Waals surface area contributed by atoms with E-state index in [1.165, 1.54) is 0 Å². The molecule has 2 aromatic carbocycles. The predicted molar refractivity (Wildman–Crippen MR) is 119 cm³/mol. The normalized spacial score (nSPS) is 12.0. The van der Waals surface area contributed by atoms with E-state index < -0.39 is 0 Å². The molecule has 6 heteroatoms. The average molecular weight is 407 g/mol. The van der Waals surface area contributed by atoms with E-state index in [0.29, 0.717) is 18.7 Å². The van der Waals surface area contributed by atoms with Crippen molar-refractivity contribution in [3.05, 3.63) is 83.2 Å². The molecule has 1 atom stereocenters. The third kappa shape index (κ3) is 5.07. The van der Waals surface area contributed by atoms with Gasteiger partial charge in [0.25, 0.3) is 5.91 Å². The van der Waals surface area contributed by atoms with Crippen LogP contribution in [-0.4, -0.2) is 48.3 Å².